The predicted octanol–water partition coefficient (Wildman–Crippen LogP) is 3.55. The van der Waals surface area contributed by atoms with E-state index >= 15 is 0 Å². The molecule has 0 saturated heterocycles. The molecule has 0 aliphatic heterocycles. The van der Waals surface area contributed by atoms with Gasteiger partial charge >= 0.3 is 0 Å². The van der Waals surface area contributed by atoms with Gasteiger partial charge in [0, 0.05) is 5.92 Å². The van der Waals surface area contributed by atoms with Gasteiger partial charge in [-0.1, -0.05) is 33.3 Å². The second-order valence-electron chi connectivity index (χ2n) is 6.31. The fourth-order valence-corrected chi connectivity index (χ4v) is 2.59. The van der Waals surface area contributed by atoms with Gasteiger partial charge in [0.05, 0.1) is 0 Å². The van der Waals surface area contributed by atoms with E-state index in [-0.39, 0.29) is 17.1 Å². The summed E-state index contributed by atoms with van der Waals surface area (Å²) in [5.41, 5.74) is 2.19. The largest absolute Gasteiger partial charge is 0.299 e. The highest BCUT2D eigenvalue weighted by molar-refractivity contribution is 5.84. The lowest BCUT2D eigenvalue weighted by Gasteiger charge is -2.36. The van der Waals surface area contributed by atoms with Crippen LogP contribution >= 0.6 is 0 Å². The molecule has 0 heterocycles. The maximum absolute atomic E-state index is 11.4. The van der Waals surface area contributed by atoms with Crippen LogP contribution in [-0.4, -0.2) is 12.1 Å². The molecule has 1 aliphatic rings. The Kier molecular flexibility index (Phi) is 4.29. The quantitative estimate of drug-likeness (QED) is 0.702. The third-order valence-electron chi connectivity index (χ3n) is 4.14. The summed E-state index contributed by atoms with van der Waals surface area (Å²) in [5.74, 6) is 0.621. The molecule has 0 spiro atoms. The van der Waals surface area contributed by atoms with E-state index in [2.05, 4.69) is 20.8 Å². The minimum atomic E-state index is -0.0869. The smallest absolute Gasteiger partial charge is 0.146 e. The molecule has 0 aromatic carbocycles. The molecule has 2 heteroatoms. The summed E-state index contributed by atoms with van der Waals surface area (Å²) in [6, 6.07) is 0. The molecule has 0 bridgehead atoms. The number of ketones is 1. The Balaban J connectivity index is 2.96. The molecule has 2 atom stereocenters. The van der Waals surface area contributed by atoms with Crippen LogP contribution in [0.2, 0.25) is 0 Å². The molecule has 0 radical (unpaired) electrons. The normalized spacial score (nSPS) is 23.5. The van der Waals surface area contributed by atoms with E-state index in [4.69, 9.17) is 0 Å². The van der Waals surface area contributed by atoms with Crippen molar-refractivity contribution in [1.82, 2.24) is 0 Å². The molecule has 0 saturated carbocycles. The first-order valence-electron chi connectivity index (χ1n) is 6.45. The van der Waals surface area contributed by atoms with Gasteiger partial charge < -0.3 is 0 Å². The van der Waals surface area contributed by atoms with Crippen molar-refractivity contribution < 1.29 is 9.59 Å². The average Bonchev–Trinajstić information content (AvgIpc) is 2.25. The van der Waals surface area contributed by atoms with E-state index in [1.54, 1.807) is 6.92 Å². The number of carbonyl (C=O) groups is 2. The number of hydrogen-bond donors (Lipinski definition) is 0. The minimum absolute atomic E-state index is 0.0869. The first-order chi connectivity index (χ1) is 7.77. The van der Waals surface area contributed by atoms with Crippen LogP contribution in [0, 0.1) is 17.3 Å². The second kappa shape index (κ2) is 5.16. The van der Waals surface area contributed by atoms with Crippen LogP contribution in [0.5, 0.6) is 0 Å². The maximum Gasteiger partial charge on any atom is 0.146 e. The summed E-state index contributed by atoms with van der Waals surface area (Å²) in [5, 5.41) is 0. The van der Waals surface area contributed by atoms with Crippen molar-refractivity contribution in [2.45, 2.75) is 53.9 Å². The van der Waals surface area contributed by atoms with Crippen molar-refractivity contribution >= 4 is 12.1 Å². The van der Waals surface area contributed by atoms with E-state index in [9.17, 15) is 9.59 Å². The molecule has 1 aliphatic carbocycles. The lowest BCUT2D eigenvalue weighted by atomic mass is 9.69. The van der Waals surface area contributed by atoms with Gasteiger partial charge in [0.25, 0.3) is 0 Å². The van der Waals surface area contributed by atoms with Crippen LogP contribution in [0.15, 0.2) is 11.1 Å². The zero-order valence-corrected chi connectivity index (χ0v) is 11.7. The van der Waals surface area contributed by atoms with Crippen molar-refractivity contribution in [2.24, 2.45) is 17.3 Å². The maximum atomic E-state index is 11.4. The van der Waals surface area contributed by atoms with Gasteiger partial charge in [0.2, 0.25) is 0 Å². The van der Waals surface area contributed by atoms with Gasteiger partial charge in [0.15, 0.2) is 0 Å². The SMILES string of the molecule is CC(=O)C(C)C1=C(C=O)CC(C(C)(C)C)CC1. The van der Waals surface area contributed by atoms with E-state index in [1.807, 2.05) is 6.92 Å². The number of Topliss-reactive ketones (excluding diaryl/α,β-unsaturated/α-hetero) is 1. The van der Waals surface area contributed by atoms with Crippen molar-refractivity contribution in [3.8, 4) is 0 Å². The molecule has 0 amide bonds. The van der Waals surface area contributed by atoms with Gasteiger partial charge in [-0.3, -0.25) is 9.59 Å². The van der Waals surface area contributed by atoms with Crippen LogP contribution < -0.4 is 0 Å². The highest BCUT2D eigenvalue weighted by Crippen LogP contribution is 2.41. The molecule has 2 nitrogen and oxygen atoms in total. The van der Waals surface area contributed by atoms with E-state index < -0.39 is 0 Å². The summed E-state index contributed by atoms with van der Waals surface area (Å²) >= 11 is 0. The third-order valence-corrected chi connectivity index (χ3v) is 4.14. The van der Waals surface area contributed by atoms with Crippen molar-refractivity contribution in [1.29, 1.82) is 0 Å². The Morgan fingerprint density at radius 1 is 1.41 bits per heavy atom. The molecular weight excluding hydrogens is 212 g/mol. The molecule has 0 aromatic heterocycles. The summed E-state index contributed by atoms with van der Waals surface area (Å²) < 4.78 is 0. The van der Waals surface area contributed by atoms with Gasteiger partial charge in [0.1, 0.15) is 12.1 Å². The van der Waals surface area contributed by atoms with E-state index in [0.717, 1.165) is 36.7 Å². The van der Waals surface area contributed by atoms with Gasteiger partial charge in [-0.2, -0.15) is 0 Å². The lowest BCUT2D eigenvalue weighted by molar-refractivity contribution is -0.119. The first-order valence-corrected chi connectivity index (χ1v) is 6.45. The molecular formula is C15H24O2. The molecule has 1 rings (SSSR count). The zero-order valence-electron chi connectivity index (χ0n) is 11.7. The number of rotatable bonds is 3. The third kappa shape index (κ3) is 3.27. The van der Waals surface area contributed by atoms with Gasteiger partial charge in [-0.05, 0) is 43.1 Å². The van der Waals surface area contributed by atoms with E-state index in [0.29, 0.717) is 5.92 Å². The standard InChI is InChI=1S/C15H24O2/c1-10(11(2)17)14-7-6-13(15(3,4)5)8-12(14)9-16/h9-10,13H,6-8H2,1-5H3. The average molecular weight is 236 g/mol. The van der Waals surface area contributed by atoms with Gasteiger partial charge in [-0.15, -0.1) is 0 Å². The molecule has 2 unspecified atom stereocenters. The highest BCUT2D eigenvalue weighted by Gasteiger charge is 2.31. The second-order valence-corrected chi connectivity index (χ2v) is 6.31. The highest BCUT2D eigenvalue weighted by atomic mass is 16.1. The lowest BCUT2D eigenvalue weighted by Crippen LogP contribution is -2.27. The number of aldehydes is 1. The Morgan fingerprint density at radius 3 is 2.41 bits per heavy atom. The Bertz CT molecular complexity index is 344. The number of hydrogen-bond acceptors (Lipinski definition) is 2. The minimum Gasteiger partial charge on any atom is -0.299 e. The Hall–Kier alpha value is -0.920. The first kappa shape index (κ1) is 14.1. The zero-order chi connectivity index (χ0) is 13.2. The topological polar surface area (TPSA) is 34.1 Å². The Morgan fingerprint density at radius 2 is 2.00 bits per heavy atom. The van der Waals surface area contributed by atoms with E-state index in [1.165, 1.54) is 0 Å². The van der Waals surface area contributed by atoms with Crippen LogP contribution in [0.3, 0.4) is 0 Å². The fraction of sp³-hybridized carbons (Fsp3) is 0.733. The molecule has 0 fully saturated rings. The van der Waals surface area contributed by atoms with Crippen LogP contribution in [0.25, 0.3) is 0 Å². The molecule has 0 aromatic rings. The Labute approximate surface area is 104 Å². The van der Waals surface area contributed by atoms with Crippen LogP contribution in [0.4, 0.5) is 0 Å². The summed E-state index contributed by atoms with van der Waals surface area (Å²) in [6.07, 6.45) is 3.79. The summed E-state index contributed by atoms with van der Waals surface area (Å²) in [6.45, 7) is 10.2. The van der Waals surface area contributed by atoms with Crippen LogP contribution in [0.1, 0.15) is 53.9 Å². The van der Waals surface area contributed by atoms with Gasteiger partial charge in [-0.25, -0.2) is 0 Å². The van der Waals surface area contributed by atoms with Crippen molar-refractivity contribution in [3.63, 3.8) is 0 Å². The summed E-state index contributed by atoms with van der Waals surface area (Å²) in [7, 11) is 0. The fourth-order valence-electron chi connectivity index (χ4n) is 2.59. The molecule has 0 N–H and O–H groups in total. The monoisotopic (exact) mass is 236 g/mol. The predicted molar refractivity (Wildman–Crippen MR) is 69.7 cm³/mol. The summed E-state index contributed by atoms with van der Waals surface area (Å²) in [4.78, 5) is 22.6. The van der Waals surface area contributed by atoms with Crippen molar-refractivity contribution in [3.05, 3.63) is 11.1 Å². The molecule has 96 valence electrons. The molecule has 17 heavy (non-hydrogen) atoms. The van der Waals surface area contributed by atoms with Crippen LogP contribution in [-0.2, 0) is 9.59 Å². The van der Waals surface area contributed by atoms with Crippen molar-refractivity contribution in [2.75, 3.05) is 0 Å². The number of carbonyl (C=O) groups excluding carboxylic acids is 2. The number of allylic oxidation sites excluding steroid dienone is 2.